The lowest BCUT2D eigenvalue weighted by molar-refractivity contribution is -0.161. The summed E-state index contributed by atoms with van der Waals surface area (Å²) in [6, 6.07) is 0. The molecule has 17 nitrogen and oxygen atoms in total. The molecule has 3 N–H and O–H groups in total. The SMILES string of the molecule is CCCCCCCCCCCCCCCCCC(=O)O[C@H](COC(=O)CCCCCCCCCCCCCCCC)COP(=O)(O)OC[C@@H](O)COP(=O)(O)OC[C@@H](COC(=O)CCCCCCCCCC)OC(=O)CCCCCCCCCCCC. The van der Waals surface area contributed by atoms with Gasteiger partial charge in [0.2, 0.25) is 0 Å². The standard InChI is InChI=1S/C68H132O17P2/c1-5-9-13-17-21-25-28-30-32-34-36-39-43-47-51-55-68(73)85-64(59-79-66(71)53-49-45-41-38-35-33-31-29-26-22-18-14-10-6-2)61-83-87(76,77)81-57-62(69)56-80-86(74,75)82-60-63(58-78-65(70)52-48-44-40-24-20-16-12-8-4)84-67(72)54-50-46-42-37-27-23-19-15-11-7-3/h62-64,69H,5-61H2,1-4H3,(H,74,75)(H,76,77)/t62-,63+,64+/m0/s1. The lowest BCUT2D eigenvalue weighted by atomic mass is 10.0. The van der Waals surface area contributed by atoms with Gasteiger partial charge < -0.3 is 33.8 Å². The molecule has 0 saturated carbocycles. The highest BCUT2D eigenvalue weighted by atomic mass is 31.2. The highest BCUT2D eigenvalue weighted by molar-refractivity contribution is 7.47. The molecule has 87 heavy (non-hydrogen) atoms. The van der Waals surface area contributed by atoms with Gasteiger partial charge in [-0.1, -0.05) is 304 Å². The number of carbonyl (C=O) groups excluding carboxylic acids is 4. The van der Waals surface area contributed by atoms with Crippen LogP contribution in [-0.2, 0) is 65.4 Å². The van der Waals surface area contributed by atoms with E-state index in [9.17, 15) is 43.2 Å². The molecule has 0 aliphatic carbocycles. The van der Waals surface area contributed by atoms with E-state index in [1.165, 1.54) is 180 Å². The molecule has 0 rings (SSSR count). The van der Waals surface area contributed by atoms with Crippen LogP contribution >= 0.6 is 15.6 Å². The van der Waals surface area contributed by atoms with E-state index in [-0.39, 0.29) is 25.7 Å². The van der Waals surface area contributed by atoms with Crippen LogP contribution in [0.4, 0.5) is 0 Å². The maximum Gasteiger partial charge on any atom is 0.472 e. The molecule has 0 fully saturated rings. The topological polar surface area (TPSA) is 237 Å². The Labute approximate surface area is 530 Å². The largest absolute Gasteiger partial charge is 0.472 e. The van der Waals surface area contributed by atoms with Gasteiger partial charge in [0.1, 0.15) is 19.3 Å². The highest BCUT2D eigenvalue weighted by Gasteiger charge is 2.30. The van der Waals surface area contributed by atoms with Gasteiger partial charge in [-0.2, -0.15) is 0 Å². The predicted octanol–water partition coefficient (Wildman–Crippen LogP) is 19.5. The summed E-state index contributed by atoms with van der Waals surface area (Å²) in [7, 11) is -9.89. The Hall–Kier alpha value is -1.94. The van der Waals surface area contributed by atoms with Gasteiger partial charge in [0.25, 0.3) is 0 Å². The van der Waals surface area contributed by atoms with Crippen LogP contribution in [-0.4, -0.2) is 96.7 Å². The minimum atomic E-state index is -4.95. The van der Waals surface area contributed by atoms with Crippen molar-refractivity contribution in [1.29, 1.82) is 0 Å². The van der Waals surface area contributed by atoms with Crippen molar-refractivity contribution in [3.63, 3.8) is 0 Å². The molecule has 0 heterocycles. The van der Waals surface area contributed by atoms with Gasteiger partial charge in [-0.3, -0.25) is 37.3 Å². The molecule has 0 amide bonds. The van der Waals surface area contributed by atoms with Crippen molar-refractivity contribution < 1.29 is 80.2 Å². The van der Waals surface area contributed by atoms with Crippen LogP contribution in [0.25, 0.3) is 0 Å². The summed E-state index contributed by atoms with van der Waals surface area (Å²) in [6.45, 7) is 4.90. The van der Waals surface area contributed by atoms with E-state index in [1.54, 1.807) is 0 Å². The van der Waals surface area contributed by atoms with Crippen molar-refractivity contribution in [1.82, 2.24) is 0 Å². The number of ether oxygens (including phenoxy) is 4. The molecule has 0 aromatic carbocycles. The normalized spacial score (nSPS) is 14.1. The summed E-state index contributed by atoms with van der Waals surface area (Å²) in [6.07, 6.45) is 49.9. The van der Waals surface area contributed by atoms with Crippen LogP contribution in [0, 0.1) is 0 Å². The minimum Gasteiger partial charge on any atom is -0.462 e. The van der Waals surface area contributed by atoms with Crippen LogP contribution in [0.15, 0.2) is 0 Å². The lowest BCUT2D eigenvalue weighted by Crippen LogP contribution is -2.30. The maximum atomic E-state index is 13.0. The van der Waals surface area contributed by atoms with Crippen molar-refractivity contribution in [3.8, 4) is 0 Å². The molecule has 0 aliphatic rings. The lowest BCUT2D eigenvalue weighted by Gasteiger charge is -2.21. The minimum absolute atomic E-state index is 0.107. The van der Waals surface area contributed by atoms with E-state index in [2.05, 4.69) is 27.7 Å². The smallest absolute Gasteiger partial charge is 0.462 e. The number of unbranched alkanes of at least 4 members (excludes halogenated alkanes) is 43. The molecule has 5 atom stereocenters. The summed E-state index contributed by atoms with van der Waals surface area (Å²) < 4.78 is 68.1. The predicted molar refractivity (Wildman–Crippen MR) is 349 cm³/mol. The first-order valence-electron chi connectivity index (χ1n) is 35.8. The molecule has 0 aliphatic heterocycles. The molecule has 2 unspecified atom stereocenters. The molecule has 0 spiro atoms. The van der Waals surface area contributed by atoms with Gasteiger partial charge in [0, 0.05) is 25.7 Å². The molecule has 0 aromatic rings. The third kappa shape index (κ3) is 62.6. The maximum absolute atomic E-state index is 13.0. The summed E-state index contributed by atoms with van der Waals surface area (Å²) in [5.41, 5.74) is 0. The number of esters is 4. The zero-order valence-electron chi connectivity index (χ0n) is 56.0. The van der Waals surface area contributed by atoms with Gasteiger partial charge in [-0.05, 0) is 25.7 Å². The van der Waals surface area contributed by atoms with Crippen molar-refractivity contribution in [3.05, 3.63) is 0 Å². The number of aliphatic hydroxyl groups excluding tert-OH is 1. The number of phosphoric acid groups is 2. The second-order valence-corrected chi connectivity index (χ2v) is 27.5. The number of aliphatic hydroxyl groups is 1. The first-order chi connectivity index (χ1) is 42.2. The van der Waals surface area contributed by atoms with Crippen LogP contribution in [0.3, 0.4) is 0 Å². The van der Waals surface area contributed by atoms with Crippen LogP contribution < -0.4 is 0 Å². The first-order valence-corrected chi connectivity index (χ1v) is 38.8. The average molecular weight is 1280 g/mol. The number of hydrogen-bond acceptors (Lipinski definition) is 15. The number of rotatable bonds is 69. The Balaban J connectivity index is 5.21. The van der Waals surface area contributed by atoms with Gasteiger partial charge in [-0.25, -0.2) is 9.13 Å². The van der Waals surface area contributed by atoms with E-state index < -0.39 is 97.5 Å². The zero-order chi connectivity index (χ0) is 64.0. The van der Waals surface area contributed by atoms with Gasteiger partial charge in [0.15, 0.2) is 12.2 Å². The molecule has 0 radical (unpaired) electrons. The molecule has 0 saturated heterocycles. The average Bonchev–Trinajstić information content (AvgIpc) is 3.70. The summed E-state index contributed by atoms with van der Waals surface area (Å²) in [4.78, 5) is 72.3. The molecular weight excluding hydrogens is 1150 g/mol. The molecule has 0 bridgehead atoms. The summed E-state index contributed by atoms with van der Waals surface area (Å²) >= 11 is 0. The molecule has 19 heteroatoms. The Kier molecular flexibility index (Phi) is 61.4. The van der Waals surface area contributed by atoms with E-state index in [0.717, 1.165) is 96.3 Å². The van der Waals surface area contributed by atoms with Gasteiger partial charge >= 0.3 is 39.5 Å². The Bertz CT molecular complexity index is 1670. The monoisotopic (exact) mass is 1280 g/mol. The number of phosphoric ester groups is 2. The van der Waals surface area contributed by atoms with E-state index in [0.29, 0.717) is 25.7 Å². The van der Waals surface area contributed by atoms with Crippen molar-refractivity contribution in [2.45, 2.75) is 373 Å². The Morgan fingerprint density at radius 3 is 0.678 bits per heavy atom. The van der Waals surface area contributed by atoms with E-state index in [4.69, 9.17) is 37.0 Å². The molecule has 0 aromatic heterocycles. The fourth-order valence-corrected chi connectivity index (χ4v) is 11.9. The van der Waals surface area contributed by atoms with Crippen molar-refractivity contribution in [2.75, 3.05) is 39.6 Å². The van der Waals surface area contributed by atoms with Crippen LogP contribution in [0.2, 0.25) is 0 Å². The molecule has 516 valence electrons. The number of hydrogen-bond donors (Lipinski definition) is 3. The Morgan fingerprint density at radius 1 is 0.276 bits per heavy atom. The fraction of sp³-hybridized carbons (Fsp3) is 0.941. The highest BCUT2D eigenvalue weighted by Crippen LogP contribution is 2.45. The van der Waals surface area contributed by atoms with E-state index in [1.807, 2.05) is 0 Å². The van der Waals surface area contributed by atoms with Gasteiger partial charge in [0.05, 0.1) is 26.4 Å². The summed E-state index contributed by atoms with van der Waals surface area (Å²) in [5, 5.41) is 10.6. The second kappa shape index (κ2) is 62.8. The van der Waals surface area contributed by atoms with E-state index >= 15 is 0 Å². The van der Waals surface area contributed by atoms with Crippen LogP contribution in [0.5, 0.6) is 0 Å². The van der Waals surface area contributed by atoms with Crippen LogP contribution in [0.1, 0.15) is 355 Å². The second-order valence-electron chi connectivity index (χ2n) is 24.6. The fourth-order valence-electron chi connectivity index (χ4n) is 10.3. The number of carbonyl (C=O) groups is 4. The summed E-state index contributed by atoms with van der Waals surface area (Å²) in [5.74, 6) is -2.12. The van der Waals surface area contributed by atoms with Gasteiger partial charge in [-0.15, -0.1) is 0 Å². The van der Waals surface area contributed by atoms with Crippen molar-refractivity contribution in [2.24, 2.45) is 0 Å². The van der Waals surface area contributed by atoms with Crippen molar-refractivity contribution >= 4 is 39.5 Å². The first kappa shape index (κ1) is 85.1. The Morgan fingerprint density at radius 2 is 0.460 bits per heavy atom. The molecular formula is C68H132O17P2. The third-order valence-electron chi connectivity index (χ3n) is 15.9. The quantitative estimate of drug-likeness (QED) is 0.0222. The zero-order valence-corrected chi connectivity index (χ0v) is 57.8. The third-order valence-corrected chi connectivity index (χ3v) is 17.8.